The zero-order chi connectivity index (χ0) is 15.9. The zero-order valence-electron chi connectivity index (χ0n) is 13.0. The number of aromatic nitrogens is 4. The molecule has 4 heterocycles. The highest BCUT2D eigenvalue weighted by molar-refractivity contribution is 5.91. The van der Waals surface area contributed by atoms with Gasteiger partial charge in [-0.3, -0.25) is 4.79 Å². The second-order valence-electron chi connectivity index (χ2n) is 6.15. The molecule has 2 fully saturated rings. The molecule has 2 aromatic heterocycles. The Morgan fingerprint density at radius 3 is 3.04 bits per heavy atom. The van der Waals surface area contributed by atoms with Gasteiger partial charge in [-0.2, -0.15) is 4.98 Å². The molecule has 122 valence electrons. The Morgan fingerprint density at radius 2 is 2.22 bits per heavy atom. The van der Waals surface area contributed by atoms with Gasteiger partial charge in [-0.05, 0) is 18.9 Å². The number of rotatable bonds is 2. The van der Waals surface area contributed by atoms with E-state index in [9.17, 15) is 4.79 Å². The van der Waals surface area contributed by atoms with E-state index in [1.807, 2.05) is 6.92 Å². The summed E-state index contributed by atoms with van der Waals surface area (Å²) in [5.74, 6) is 0.274. The number of nitrogens with one attached hydrogen (secondary N) is 1. The Balaban J connectivity index is 1.54. The fourth-order valence-electron chi connectivity index (χ4n) is 3.35. The summed E-state index contributed by atoms with van der Waals surface area (Å²) in [5, 5.41) is 7.26. The molecule has 1 atom stereocenters. The Morgan fingerprint density at radius 1 is 1.39 bits per heavy atom. The van der Waals surface area contributed by atoms with Crippen LogP contribution in [0.25, 0.3) is 5.78 Å². The van der Waals surface area contributed by atoms with E-state index in [-0.39, 0.29) is 23.4 Å². The van der Waals surface area contributed by atoms with E-state index >= 15 is 0 Å². The molecule has 1 unspecified atom stereocenters. The first-order valence-corrected chi connectivity index (χ1v) is 7.88. The van der Waals surface area contributed by atoms with Gasteiger partial charge in [0.2, 0.25) is 5.82 Å². The third-order valence-electron chi connectivity index (χ3n) is 4.60. The van der Waals surface area contributed by atoms with Crippen LogP contribution in [0.15, 0.2) is 12.4 Å². The van der Waals surface area contributed by atoms with Gasteiger partial charge in [0.1, 0.15) is 0 Å². The minimum absolute atomic E-state index is 0.0276. The van der Waals surface area contributed by atoms with Gasteiger partial charge in [0.15, 0.2) is 0 Å². The van der Waals surface area contributed by atoms with E-state index in [0.29, 0.717) is 25.6 Å². The lowest BCUT2D eigenvalue weighted by Crippen LogP contribution is -2.52. The van der Waals surface area contributed by atoms with E-state index in [4.69, 9.17) is 9.47 Å². The Hall–Kier alpha value is -2.06. The maximum atomic E-state index is 12.5. The van der Waals surface area contributed by atoms with Crippen molar-refractivity contribution in [2.45, 2.75) is 37.8 Å². The number of ether oxygens (including phenoxy) is 2. The van der Waals surface area contributed by atoms with Crippen molar-refractivity contribution in [3.8, 4) is 0 Å². The lowest BCUT2D eigenvalue weighted by Gasteiger charge is -2.37. The predicted molar refractivity (Wildman–Crippen MR) is 80.1 cm³/mol. The molecule has 1 spiro atoms. The third kappa shape index (κ3) is 2.57. The molecule has 23 heavy (non-hydrogen) atoms. The molecular formula is C15H19N5O3. The number of hydrogen-bond acceptors (Lipinski definition) is 6. The second kappa shape index (κ2) is 5.54. The van der Waals surface area contributed by atoms with Crippen LogP contribution >= 0.6 is 0 Å². The third-order valence-corrected chi connectivity index (χ3v) is 4.60. The molecule has 2 aliphatic heterocycles. The summed E-state index contributed by atoms with van der Waals surface area (Å²) < 4.78 is 12.9. The van der Waals surface area contributed by atoms with Crippen molar-refractivity contribution in [2.75, 3.05) is 19.8 Å². The van der Waals surface area contributed by atoms with Crippen molar-refractivity contribution in [1.82, 2.24) is 24.9 Å². The molecule has 8 nitrogen and oxygen atoms in total. The van der Waals surface area contributed by atoms with E-state index < -0.39 is 0 Å². The maximum Gasteiger partial charge on any atom is 0.291 e. The van der Waals surface area contributed by atoms with Gasteiger partial charge in [-0.25, -0.2) is 9.50 Å². The van der Waals surface area contributed by atoms with Gasteiger partial charge in [-0.15, -0.1) is 5.10 Å². The number of fused-ring (bicyclic) bond motifs is 1. The SMILES string of the molecule is Cc1cnc2nc(C(=O)NC3CCOC34CCOCC4)nn2c1. The fourth-order valence-corrected chi connectivity index (χ4v) is 3.35. The smallest absolute Gasteiger partial charge is 0.291 e. The summed E-state index contributed by atoms with van der Waals surface area (Å²) >= 11 is 0. The molecule has 2 aliphatic rings. The van der Waals surface area contributed by atoms with Crippen molar-refractivity contribution in [1.29, 1.82) is 0 Å². The molecule has 0 radical (unpaired) electrons. The molecule has 2 saturated heterocycles. The number of hydrogen-bond donors (Lipinski definition) is 1. The second-order valence-corrected chi connectivity index (χ2v) is 6.15. The van der Waals surface area contributed by atoms with Crippen molar-refractivity contribution in [3.05, 3.63) is 23.8 Å². The topological polar surface area (TPSA) is 90.6 Å². The quantitative estimate of drug-likeness (QED) is 0.867. The molecule has 1 N–H and O–H groups in total. The van der Waals surface area contributed by atoms with Crippen LogP contribution in [0.3, 0.4) is 0 Å². The minimum atomic E-state index is -0.304. The Labute approximate surface area is 133 Å². The fraction of sp³-hybridized carbons (Fsp3) is 0.600. The molecule has 0 saturated carbocycles. The van der Waals surface area contributed by atoms with E-state index in [0.717, 1.165) is 24.8 Å². The summed E-state index contributed by atoms with van der Waals surface area (Å²) in [5.41, 5.74) is 0.654. The van der Waals surface area contributed by atoms with Gasteiger partial charge in [0.25, 0.3) is 11.7 Å². The largest absolute Gasteiger partial charge is 0.381 e. The van der Waals surface area contributed by atoms with Gasteiger partial charge in [0, 0.05) is 45.1 Å². The summed E-state index contributed by atoms with van der Waals surface area (Å²) in [6.07, 6.45) is 5.91. The molecule has 0 aliphatic carbocycles. The van der Waals surface area contributed by atoms with Crippen LogP contribution in [0.2, 0.25) is 0 Å². The average Bonchev–Trinajstić information content (AvgIpc) is 3.13. The van der Waals surface area contributed by atoms with Gasteiger partial charge < -0.3 is 14.8 Å². The number of carbonyl (C=O) groups excluding carboxylic acids is 1. The van der Waals surface area contributed by atoms with Crippen LogP contribution in [-0.4, -0.2) is 57.0 Å². The predicted octanol–water partition coefficient (Wildman–Crippen LogP) is 0.501. The highest BCUT2D eigenvalue weighted by Gasteiger charge is 2.46. The summed E-state index contributed by atoms with van der Waals surface area (Å²) in [7, 11) is 0. The average molecular weight is 317 g/mol. The number of aryl methyl sites for hydroxylation is 1. The molecule has 2 aromatic rings. The Kier molecular flexibility index (Phi) is 3.50. The summed E-state index contributed by atoms with van der Waals surface area (Å²) in [4.78, 5) is 20.9. The lowest BCUT2D eigenvalue weighted by atomic mass is 9.86. The number of carbonyl (C=O) groups is 1. The maximum absolute atomic E-state index is 12.5. The highest BCUT2D eigenvalue weighted by atomic mass is 16.5. The van der Waals surface area contributed by atoms with Gasteiger partial charge in [0.05, 0.1) is 11.6 Å². The van der Waals surface area contributed by atoms with E-state index in [2.05, 4.69) is 20.4 Å². The molecule has 8 heteroatoms. The first-order valence-electron chi connectivity index (χ1n) is 7.88. The minimum Gasteiger partial charge on any atom is -0.381 e. The molecule has 1 amide bonds. The van der Waals surface area contributed by atoms with Crippen LogP contribution in [0, 0.1) is 6.92 Å². The van der Waals surface area contributed by atoms with Crippen LogP contribution in [0.1, 0.15) is 35.4 Å². The van der Waals surface area contributed by atoms with Gasteiger partial charge >= 0.3 is 0 Å². The Bertz CT molecular complexity index is 738. The molecule has 4 rings (SSSR count). The van der Waals surface area contributed by atoms with E-state index in [1.54, 1.807) is 12.4 Å². The number of amides is 1. The normalized spacial score (nSPS) is 23.4. The van der Waals surface area contributed by atoms with Crippen molar-refractivity contribution in [3.63, 3.8) is 0 Å². The van der Waals surface area contributed by atoms with Crippen molar-refractivity contribution in [2.24, 2.45) is 0 Å². The molecule has 0 aromatic carbocycles. The summed E-state index contributed by atoms with van der Waals surface area (Å²) in [6.45, 7) is 3.91. The van der Waals surface area contributed by atoms with Crippen molar-refractivity contribution >= 4 is 11.7 Å². The van der Waals surface area contributed by atoms with Crippen molar-refractivity contribution < 1.29 is 14.3 Å². The monoisotopic (exact) mass is 317 g/mol. The summed E-state index contributed by atoms with van der Waals surface area (Å²) in [6, 6.07) is -0.0276. The van der Waals surface area contributed by atoms with E-state index in [1.165, 1.54) is 4.52 Å². The molecule has 0 bridgehead atoms. The lowest BCUT2D eigenvalue weighted by molar-refractivity contribution is -0.0872. The van der Waals surface area contributed by atoms with Crippen LogP contribution in [0.5, 0.6) is 0 Å². The van der Waals surface area contributed by atoms with Crippen LogP contribution < -0.4 is 5.32 Å². The first-order chi connectivity index (χ1) is 11.2. The van der Waals surface area contributed by atoms with Crippen LogP contribution in [0.4, 0.5) is 0 Å². The van der Waals surface area contributed by atoms with Crippen LogP contribution in [-0.2, 0) is 9.47 Å². The number of nitrogens with zero attached hydrogens (tertiary/aromatic N) is 4. The van der Waals surface area contributed by atoms with Gasteiger partial charge in [-0.1, -0.05) is 0 Å². The first kappa shape index (κ1) is 14.5. The zero-order valence-corrected chi connectivity index (χ0v) is 13.0. The molecular weight excluding hydrogens is 298 g/mol. The standard InChI is InChI=1S/C15H19N5O3/c1-10-8-16-14-18-12(19-20(14)9-10)13(21)17-11-2-5-23-15(11)3-6-22-7-4-15/h8-9,11H,2-7H2,1H3,(H,17,21). The highest BCUT2D eigenvalue weighted by Crippen LogP contribution is 2.35.